The monoisotopic (exact) mass is 164 g/mol. The number of fused-ring (bicyclic) bond motifs is 1. The van der Waals surface area contributed by atoms with Gasteiger partial charge in [-0.25, -0.2) is 0 Å². The lowest BCUT2D eigenvalue weighted by molar-refractivity contribution is -0.108. The van der Waals surface area contributed by atoms with E-state index in [1.807, 2.05) is 18.2 Å². The maximum atomic E-state index is 10.5. The van der Waals surface area contributed by atoms with E-state index in [-0.39, 0.29) is 0 Å². The standard InChI is InChI=1S/C8H8N2O2/c11-5-10-7-4-2-1-3-6(7)9-8(10)12/h1-5,8-9,12H. The molecule has 12 heavy (non-hydrogen) atoms. The molecule has 0 spiro atoms. The Labute approximate surface area is 69.4 Å². The van der Waals surface area contributed by atoms with Crippen LogP contribution in [-0.4, -0.2) is 17.9 Å². The zero-order valence-corrected chi connectivity index (χ0v) is 6.27. The van der Waals surface area contributed by atoms with E-state index in [9.17, 15) is 9.90 Å². The minimum atomic E-state index is -0.931. The van der Waals surface area contributed by atoms with Gasteiger partial charge in [0.15, 0.2) is 0 Å². The Balaban J connectivity index is 2.47. The number of aliphatic hydroxyl groups excluding tert-OH is 1. The van der Waals surface area contributed by atoms with Crippen LogP contribution in [0.1, 0.15) is 0 Å². The van der Waals surface area contributed by atoms with Crippen molar-refractivity contribution in [2.45, 2.75) is 6.35 Å². The molecule has 2 rings (SSSR count). The summed E-state index contributed by atoms with van der Waals surface area (Å²) in [5.74, 6) is 0. The molecule has 0 bridgehead atoms. The van der Waals surface area contributed by atoms with Gasteiger partial charge < -0.3 is 10.4 Å². The highest BCUT2D eigenvalue weighted by atomic mass is 16.3. The number of para-hydroxylation sites is 2. The fourth-order valence-corrected chi connectivity index (χ4v) is 1.28. The molecular formula is C8H8N2O2. The Bertz CT molecular complexity index is 314. The van der Waals surface area contributed by atoms with Crippen LogP contribution in [-0.2, 0) is 4.79 Å². The maximum absolute atomic E-state index is 10.5. The van der Waals surface area contributed by atoms with Crippen LogP contribution in [0.15, 0.2) is 24.3 Å². The number of benzene rings is 1. The topological polar surface area (TPSA) is 52.6 Å². The van der Waals surface area contributed by atoms with Crippen LogP contribution in [0.25, 0.3) is 0 Å². The van der Waals surface area contributed by atoms with Crippen LogP contribution in [0.4, 0.5) is 11.4 Å². The Kier molecular flexibility index (Phi) is 1.48. The summed E-state index contributed by atoms with van der Waals surface area (Å²) in [6, 6.07) is 7.23. The van der Waals surface area contributed by atoms with E-state index < -0.39 is 6.35 Å². The Morgan fingerprint density at radius 2 is 2.25 bits per heavy atom. The first-order chi connectivity index (χ1) is 5.83. The number of carbonyl (C=O) groups is 1. The first kappa shape index (κ1) is 7.12. The van der Waals surface area contributed by atoms with Crippen LogP contribution in [0.3, 0.4) is 0 Å². The van der Waals surface area contributed by atoms with Crippen LogP contribution >= 0.6 is 0 Å². The van der Waals surface area contributed by atoms with Gasteiger partial charge in [-0.1, -0.05) is 12.1 Å². The van der Waals surface area contributed by atoms with Crippen molar-refractivity contribution in [3.05, 3.63) is 24.3 Å². The number of carbonyl (C=O) groups excluding carboxylic acids is 1. The number of nitrogens with zero attached hydrogens (tertiary/aromatic N) is 1. The van der Waals surface area contributed by atoms with Crippen molar-refractivity contribution >= 4 is 17.8 Å². The second-order valence-corrected chi connectivity index (χ2v) is 2.55. The molecule has 0 aromatic heterocycles. The van der Waals surface area contributed by atoms with Crippen molar-refractivity contribution in [1.82, 2.24) is 0 Å². The number of amides is 1. The lowest BCUT2D eigenvalue weighted by Crippen LogP contribution is -2.33. The first-order valence-electron chi connectivity index (χ1n) is 3.60. The minimum absolute atomic E-state index is 0.601. The van der Waals surface area contributed by atoms with Crippen LogP contribution in [0.2, 0.25) is 0 Å². The number of rotatable bonds is 1. The van der Waals surface area contributed by atoms with Crippen LogP contribution in [0, 0.1) is 0 Å². The number of aliphatic hydroxyl groups is 1. The molecule has 1 atom stereocenters. The van der Waals surface area contributed by atoms with Gasteiger partial charge in [0, 0.05) is 0 Å². The third-order valence-electron chi connectivity index (χ3n) is 1.84. The van der Waals surface area contributed by atoms with Gasteiger partial charge >= 0.3 is 0 Å². The largest absolute Gasteiger partial charge is 0.356 e. The van der Waals surface area contributed by atoms with Gasteiger partial charge in [0.2, 0.25) is 12.8 Å². The lowest BCUT2D eigenvalue weighted by atomic mass is 10.3. The summed E-state index contributed by atoms with van der Waals surface area (Å²) in [4.78, 5) is 11.7. The minimum Gasteiger partial charge on any atom is -0.356 e. The van der Waals surface area contributed by atoms with Crippen molar-refractivity contribution in [1.29, 1.82) is 0 Å². The molecule has 1 heterocycles. The molecule has 1 aromatic rings. The lowest BCUT2D eigenvalue weighted by Gasteiger charge is -2.13. The van der Waals surface area contributed by atoms with E-state index in [0.717, 1.165) is 5.69 Å². The number of anilines is 2. The first-order valence-corrected chi connectivity index (χ1v) is 3.60. The zero-order valence-electron chi connectivity index (χ0n) is 6.27. The molecule has 0 fully saturated rings. The van der Waals surface area contributed by atoms with Gasteiger partial charge in [-0.3, -0.25) is 9.69 Å². The highest BCUT2D eigenvalue weighted by molar-refractivity contribution is 5.88. The molecule has 4 nitrogen and oxygen atoms in total. The normalized spacial score (nSPS) is 20.1. The predicted molar refractivity (Wildman–Crippen MR) is 44.6 cm³/mol. The van der Waals surface area contributed by atoms with Gasteiger partial charge in [-0.2, -0.15) is 0 Å². The van der Waals surface area contributed by atoms with Crippen LogP contribution in [0.5, 0.6) is 0 Å². The van der Waals surface area contributed by atoms with E-state index in [1.165, 1.54) is 4.90 Å². The molecule has 1 unspecified atom stereocenters. The summed E-state index contributed by atoms with van der Waals surface area (Å²) in [5.41, 5.74) is 1.48. The van der Waals surface area contributed by atoms with E-state index in [2.05, 4.69) is 5.32 Å². The third kappa shape index (κ3) is 0.853. The average molecular weight is 164 g/mol. The van der Waals surface area contributed by atoms with Gasteiger partial charge in [0.25, 0.3) is 0 Å². The number of hydrogen-bond acceptors (Lipinski definition) is 3. The van der Waals surface area contributed by atoms with Gasteiger partial charge in [-0.15, -0.1) is 0 Å². The van der Waals surface area contributed by atoms with E-state index in [0.29, 0.717) is 12.1 Å². The molecular weight excluding hydrogens is 156 g/mol. The van der Waals surface area contributed by atoms with Crippen molar-refractivity contribution < 1.29 is 9.90 Å². The molecule has 0 saturated heterocycles. The summed E-state index contributed by atoms with van der Waals surface area (Å²) in [5, 5.41) is 12.0. The SMILES string of the molecule is O=CN1c2ccccc2NC1O. The number of nitrogens with one attached hydrogen (secondary N) is 1. The molecule has 0 radical (unpaired) electrons. The molecule has 1 aliphatic rings. The Morgan fingerprint density at radius 1 is 1.50 bits per heavy atom. The van der Waals surface area contributed by atoms with Crippen molar-refractivity contribution in [3.63, 3.8) is 0 Å². The zero-order chi connectivity index (χ0) is 8.55. The molecule has 0 saturated carbocycles. The Morgan fingerprint density at radius 3 is 3.00 bits per heavy atom. The van der Waals surface area contributed by atoms with E-state index in [1.54, 1.807) is 6.07 Å². The van der Waals surface area contributed by atoms with Gasteiger partial charge in [0.1, 0.15) is 0 Å². The summed E-state index contributed by atoms with van der Waals surface area (Å²) in [7, 11) is 0. The van der Waals surface area contributed by atoms with Gasteiger partial charge in [0.05, 0.1) is 11.4 Å². The summed E-state index contributed by atoms with van der Waals surface area (Å²) in [6.07, 6.45) is -0.330. The van der Waals surface area contributed by atoms with Crippen LogP contribution < -0.4 is 10.2 Å². The highest BCUT2D eigenvalue weighted by Gasteiger charge is 2.25. The fraction of sp³-hybridized carbons (Fsp3) is 0.125. The molecule has 1 aliphatic heterocycles. The van der Waals surface area contributed by atoms with Crippen molar-refractivity contribution in [2.24, 2.45) is 0 Å². The smallest absolute Gasteiger partial charge is 0.217 e. The number of hydrogen-bond donors (Lipinski definition) is 2. The summed E-state index contributed by atoms with van der Waals surface area (Å²) >= 11 is 0. The van der Waals surface area contributed by atoms with E-state index >= 15 is 0 Å². The molecule has 2 N–H and O–H groups in total. The van der Waals surface area contributed by atoms with Gasteiger partial charge in [-0.05, 0) is 12.1 Å². The summed E-state index contributed by atoms with van der Waals surface area (Å²) < 4.78 is 0. The quantitative estimate of drug-likeness (QED) is 0.589. The Hall–Kier alpha value is -1.55. The molecule has 1 amide bonds. The average Bonchev–Trinajstić information content (AvgIpc) is 2.40. The molecule has 62 valence electrons. The fourth-order valence-electron chi connectivity index (χ4n) is 1.28. The van der Waals surface area contributed by atoms with E-state index in [4.69, 9.17) is 0 Å². The highest BCUT2D eigenvalue weighted by Crippen LogP contribution is 2.31. The summed E-state index contributed by atoms with van der Waals surface area (Å²) in [6.45, 7) is 0. The molecule has 1 aromatic carbocycles. The third-order valence-corrected chi connectivity index (χ3v) is 1.84. The molecule has 4 heteroatoms. The van der Waals surface area contributed by atoms with Crippen molar-refractivity contribution in [3.8, 4) is 0 Å². The van der Waals surface area contributed by atoms with Crippen molar-refractivity contribution in [2.75, 3.05) is 10.2 Å². The maximum Gasteiger partial charge on any atom is 0.217 e. The second kappa shape index (κ2) is 2.49. The molecule has 0 aliphatic carbocycles. The predicted octanol–water partition coefficient (Wildman–Crippen LogP) is 0.351. The second-order valence-electron chi connectivity index (χ2n) is 2.55.